The summed E-state index contributed by atoms with van der Waals surface area (Å²) in [6.07, 6.45) is -0.490. The molecule has 0 aliphatic rings. The second-order valence-corrected chi connectivity index (χ2v) is 6.34. The molecular formula is C27H24Fe2O-4. The number of hydrogen-bond acceptors (Lipinski definition) is 1. The summed E-state index contributed by atoms with van der Waals surface area (Å²) in [6, 6.07) is 44.1. The second-order valence-electron chi connectivity index (χ2n) is 6.34. The Morgan fingerprint density at radius 3 is 1.40 bits per heavy atom. The molecule has 5 aromatic rings. The number of rotatable bonds is 3. The van der Waals surface area contributed by atoms with E-state index >= 15 is 0 Å². The second kappa shape index (κ2) is 14.6. The third-order valence-corrected chi connectivity index (χ3v) is 4.33. The maximum atomic E-state index is 9.88. The smallest absolute Gasteiger partial charge is 0.0602 e. The van der Waals surface area contributed by atoms with Crippen LogP contribution in [0.3, 0.4) is 0 Å². The summed E-state index contributed by atoms with van der Waals surface area (Å²) >= 11 is 0. The van der Waals surface area contributed by atoms with Gasteiger partial charge in [-0.1, -0.05) is 30.3 Å². The molecule has 0 aliphatic heterocycles. The van der Waals surface area contributed by atoms with Crippen molar-refractivity contribution >= 4 is 0 Å². The Morgan fingerprint density at radius 2 is 1.00 bits per heavy atom. The van der Waals surface area contributed by atoms with Gasteiger partial charge in [-0.2, -0.15) is 90.0 Å². The van der Waals surface area contributed by atoms with Gasteiger partial charge in [-0.3, -0.25) is 0 Å². The van der Waals surface area contributed by atoms with Gasteiger partial charge in [0.15, 0.2) is 0 Å². The quantitative estimate of drug-likeness (QED) is 0.228. The van der Waals surface area contributed by atoms with Crippen LogP contribution in [0.15, 0.2) is 133 Å². The summed E-state index contributed by atoms with van der Waals surface area (Å²) in [5, 5.41) is 9.88. The molecule has 0 saturated heterocycles. The molecule has 0 radical (unpaired) electrons. The molecule has 1 unspecified atom stereocenters. The molecule has 0 aliphatic carbocycles. The van der Waals surface area contributed by atoms with Gasteiger partial charge in [0, 0.05) is 34.1 Å². The first-order valence-electron chi connectivity index (χ1n) is 9.39. The van der Waals surface area contributed by atoms with Crippen LogP contribution in [-0.4, -0.2) is 5.11 Å². The molecule has 0 heterocycles. The fourth-order valence-electron chi connectivity index (χ4n) is 2.85. The minimum Gasteiger partial charge on any atom is -0.396 e. The Balaban J connectivity index is 0.000000236. The van der Waals surface area contributed by atoms with Gasteiger partial charge in [0.25, 0.3) is 0 Å². The van der Waals surface area contributed by atoms with Crippen molar-refractivity contribution in [2.75, 3.05) is 0 Å². The number of aliphatic hydroxyl groups is 1. The maximum absolute atomic E-state index is 9.88. The Bertz CT molecular complexity index is 900. The van der Waals surface area contributed by atoms with Gasteiger partial charge in [0.2, 0.25) is 0 Å². The van der Waals surface area contributed by atoms with Crippen LogP contribution in [0, 0.1) is 0 Å². The summed E-state index contributed by atoms with van der Waals surface area (Å²) in [5.74, 6) is 0. The Morgan fingerprint density at radius 1 is 0.567 bits per heavy atom. The van der Waals surface area contributed by atoms with E-state index in [1.54, 1.807) is 0 Å². The molecule has 1 N–H and O–H groups in total. The summed E-state index contributed by atoms with van der Waals surface area (Å²) in [4.78, 5) is 0. The van der Waals surface area contributed by atoms with Crippen molar-refractivity contribution in [3.63, 3.8) is 0 Å². The monoisotopic (exact) mass is 476 g/mol. The zero-order chi connectivity index (χ0) is 19.4. The van der Waals surface area contributed by atoms with Crippen molar-refractivity contribution in [1.29, 1.82) is 0 Å². The minimum absolute atomic E-state index is 0. The van der Waals surface area contributed by atoms with Gasteiger partial charge >= 0.3 is 0 Å². The molecule has 5 aromatic carbocycles. The van der Waals surface area contributed by atoms with E-state index < -0.39 is 6.10 Å². The summed E-state index contributed by atoms with van der Waals surface area (Å²) in [6.45, 7) is 0. The van der Waals surface area contributed by atoms with Crippen molar-refractivity contribution in [2.24, 2.45) is 0 Å². The van der Waals surface area contributed by atoms with Crippen LogP contribution < -0.4 is 0 Å². The molecule has 0 fully saturated rings. The molecule has 1 atom stereocenters. The van der Waals surface area contributed by atoms with E-state index in [9.17, 15) is 5.11 Å². The molecular weight excluding hydrogens is 452 g/mol. The molecule has 0 bridgehead atoms. The van der Waals surface area contributed by atoms with Crippen LogP contribution in [0.1, 0.15) is 17.2 Å². The normalized spacial score (nSPS) is 10.2. The zero-order valence-corrected chi connectivity index (χ0v) is 18.6. The minimum atomic E-state index is -0.490. The molecule has 0 saturated carbocycles. The first kappa shape index (κ1) is 25.7. The van der Waals surface area contributed by atoms with E-state index in [0.29, 0.717) is 0 Å². The predicted octanol–water partition coefficient (Wildman–Crippen LogP) is 6.68. The number of hydrogen-bond donors (Lipinski definition) is 1. The fraction of sp³-hybridized carbons (Fsp3) is 0.0370. The van der Waals surface area contributed by atoms with Crippen LogP contribution in [0.4, 0.5) is 0 Å². The summed E-state index contributed by atoms with van der Waals surface area (Å²) in [5.41, 5.74) is 4.51. The maximum Gasteiger partial charge on any atom is 0.0602 e. The zero-order valence-electron chi connectivity index (χ0n) is 16.4. The first-order valence-corrected chi connectivity index (χ1v) is 9.39. The predicted molar refractivity (Wildman–Crippen MR) is 118 cm³/mol. The molecule has 0 amide bonds. The van der Waals surface area contributed by atoms with Gasteiger partial charge in [-0.05, 0) is 5.56 Å². The number of benzene rings is 1. The van der Waals surface area contributed by atoms with Crippen LogP contribution in [-0.2, 0) is 34.1 Å². The molecule has 0 spiro atoms. The van der Waals surface area contributed by atoms with Crippen molar-refractivity contribution in [3.8, 4) is 11.1 Å². The third-order valence-electron chi connectivity index (χ3n) is 4.33. The van der Waals surface area contributed by atoms with E-state index in [-0.39, 0.29) is 34.1 Å². The van der Waals surface area contributed by atoms with Crippen LogP contribution >= 0.6 is 0 Å². The molecule has 0 aromatic heterocycles. The third kappa shape index (κ3) is 8.16. The van der Waals surface area contributed by atoms with Gasteiger partial charge in [-0.25, -0.2) is 24.3 Å². The molecule has 1 nitrogen and oxygen atoms in total. The average molecular weight is 476 g/mol. The van der Waals surface area contributed by atoms with Crippen molar-refractivity contribution in [2.45, 2.75) is 6.10 Å². The topological polar surface area (TPSA) is 20.2 Å². The number of aliphatic hydroxyl groups excluding tert-OH is 1. The first-order chi connectivity index (χ1) is 13.8. The van der Waals surface area contributed by atoms with Crippen molar-refractivity contribution < 1.29 is 39.2 Å². The van der Waals surface area contributed by atoms with E-state index in [1.807, 2.05) is 84.9 Å². The van der Waals surface area contributed by atoms with Crippen LogP contribution in [0.25, 0.3) is 11.1 Å². The van der Waals surface area contributed by atoms with Crippen LogP contribution in [0.2, 0.25) is 0 Å². The Hall–Kier alpha value is -2.38. The Kier molecular flexibility index (Phi) is 12.5. The standard InChI is InChI=1S/C12H11O.C10H8.C5H5.2Fe/c13-12(11-8-4-5-9-11)10-6-2-1-3-7-10;1-2-6-9(5-1)10-7-3-4-8-10;1-2-4-5-3-1;;/h1-9,12-13H;1-8H;1-5H;;/q-1;-2;-1;;. The van der Waals surface area contributed by atoms with Gasteiger partial charge in [0.1, 0.15) is 0 Å². The fourth-order valence-corrected chi connectivity index (χ4v) is 2.85. The molecule has 5 rings (SSSR count). The molecule has 3 heteroatoms. The molecule has 30 heavy (non-hydrogen) atoms. The van der Waals surface area contributed by atoms with E-state index in [0.717, 1.165) is 11.1 Å². The van der Waals surface area contributed by atoms with Gasteiger partial charge < -0.3 is 5.11 Å². The van der Waals surface area contributed by atoms with Crippen molar-refractivity contribution in [1.82, 2.24) is 0 Å². The molecule has 158 valence electrons. The summed E-state index contributed by atoms with van der Waals surface area (Å²) < 4.78 is 0. The Labute approximate surface area is 200 Å². The van der Waals surface area contributed by atoms with Crippen LogP contribution in [0.5, 0.6) is 0 Å². The average Bonchev–Trinajstić information content (AvgIpc) is 3.57. The van der Waals surface area contributed by atoms with E-state index in [1.165, 1.54) is 11.1 Å². The summed E-state index contributed by atoms with van der Waals surface area (Å²) in [7, 11) is 0. The largest absolute Gasteiger partial charge is 0.396 e. The van der Waals surface area contributed by atoms with Crippen molar-refractivity contribution in [3.05, 3.63) is 145 Å². The van der Waals surface area contributed by atoms with E-state index in [4.69, 9.17) is 0 Å². The van der Waals surface area contributed by atoms with E-state index in [2.05, 4.69) is 48.5 Å². The SMILES string of the molecule is OC(c1ccccc1)[c-]1cccc1.[Fe].[Fe].c1cc[c-](-[c-]2cccc2)c1.c1cc[cH-]c1. The van der Waals surface area contributed by atoms with Gasteiger partial charge in [-0.15, -0.1) is 5.56 Å². The van der Waals surface area contributed by atoms with Gasteiger partial charge in [0.05, 0.1) is 6.10 Å².